The standard InChI is InChI=1S/C17H24N2O6S/c1-2-24-17(21)10-9-16(20)19-13-5-7-15(8-6-13)26(22,23)18-12-14-4-3-11-25-14/h5-8,14,18H,2-4,9-12H2,1H3,(H,19,20). The van der Waals surface area contributed by atoms with Crippen molar-refractivity contribution < 1.29 is 27.5 Å². The highest BCUT2D eigenvalue weighted by atomic mass is 32.2. The summed E-state index contributed by atoms with van der Waals surface area (Å²) in [5.74, 6) is -0.772. The summed E-state index contributed by atoms with van der Waals surface area (Å²) < 4.78 is 37.2. The number of sulfonamides is 1. The lowest BCUT2D eigenvalue weighted by Gasteiger charge is -2.12. The molecular weight excluding hydrogens is 360 g/mol. The maximum Gasteiger partial charge on any atom is 0.306 e. The Morgan fingerprint density at radius 2 is 1.96 bits per heavy atom. The van der Waals surface area contributed by atoms with Crippen molar-refractivity contribution in [1.82, 2.24) is 4.72 Å². The van der Waals surface area contributed by atoms with Crippen molar-refractivity contribution in [1.29, 1.82) is 0 Å². The second kappa shape index (κ2) is 9.65. The van der Waals surface area contributed by atoms with E-state index in [2.05, 4.69) is 10.0 Å². The van der Waals surface area contributed by atoms with Crippen LogP contribution in [0.25, 0.3) is 0 Å². The third kappa shape index (κ3) is 6.40. The van der Waals surface area contributed by atoms with Crippen LogP contribution in [0.1, 0.15) is 32.6 Å². The Balaban J connectivity index is 1.84. The molecule has 2 N–H and O–H groups in total. The zero-order valence-electron chi connectivity index (χ0n) is 14.7. The van der Waals surface area contributed by atoms with E-state index in [9.17, 15) is 18.0 Å². The SMILES string of the molecule is CCOC(=O)CCC(=O)Nc1ccc(S(=O)(=O)NCC2CCCO2)cc1. The summed E-state index contributed by atoms with van der Waals surface area (Å²) in [6.07, 6.45) is 1.71. The highest BCUT2D eigenvalue weighted by molar-refractivity contribution is 7.89. The topological polar surface area (TPSA) is 111 Å². The molecule has 0 radical (unpaired) electrons. The molecule has 1 heterocycles. The lowest BCUT2D eigenvalue weighted by Crippen LogP contribution is -2.31. The van der Waals surface area contributed by atoms with Crippen LogP contribution in [0.5, 0.6) is 0 Å². The van der Waals surface area contributed by atoms with Gasteiger partial charge in [-0.1, -0.05) is 0 Å². The molecule has 1 aliphatic heterocycles. The molecule has 144 valence electrons. The maximum atomic E-state index is 12.3. The van der Waals surface area contributed by atoms with Crippen molar-refractivity contribution in [3.8, 4) is 0 Å². The highest BCUT2D eigenvalue weighted by Gasteiger charge is 2.20. The third-order valence-electron chi connectivity index (χ3n) is 3.83. The fraction of sp³-hybridized carbons (Fsp3) is 0.529. The second-order valence-electron chi connectivity index (χ2n) is 5.86. The van der Waals surface area contributed by atoms with Gasteiger partial charge in [-0.3, -0.25) is 9.59 Å². The minimum Gasteiger partial charge on any atom is -0.466 e. The molecular formula is C17H24N2O6S. The fourth-order valence-corrected chi connectivity index (χ4v) is 3.55. The predicted molar refractivity (Wildman–Crippen MR) is 95.1 cm³/mol. The highest BCUT2D eigenvalue weighted by Crippen LogP contribution is 2.16. The largest absolute Gasteiger partial charge is 0.466 e. The van der Waals surface area contributed by atoms with Gasteiger partial charge in [0.1, 0.15) is 0 Å². The molecule has 0 spiro atoms. The Morgan fingerprint density at radius 3 is 2.58 bits per heavy atom. The molecule has 1 aliphatic rings. The lowest BCUT2D eigenvalue weighted by molar-refractivity contribution is -0.144. The van der Waals surface area contributed by atoms with Gasteiger partial charge in [-0.2, -0.15) is 0 Å². The van der Waals surface area contributed by atoms with Crippen LogP contribution in [0.2, 0.25) is 0 Å². The van der Waals surface area contributed by atoms with E-state index in [1.54, 1.807) is 6.92 Å². The molecule has 0 bridgehead atoms. The number of rotatable bonds is 9. The summed E-state index contributed by atoms with van der Waals surface area (Å²) in [5.41, 5.74) is 0.455. The van der Waals surface area contributed by atoms with Crippen molar-refractivity contribution in [3.05, 3.63) is 24.3 Å². The van der Waals surface area contributed by atoms with Crippen LogP contribution in [0, 0.1) is 0 Å². The summed E-state index contributed by atoms with van der Waals surface area (Å²) in [4.78, 5) is 23.1. The summed E-state index contributed by atoms with van der Waals surface area (Å²) in [6, 6.07) is 5.84. The number of nitrogens with one attached hydrogen (secondary N) is 2. The van der Waals surface area contributed by atoms with Crippen molar-refractivity contribution in [2.45, 2.75) is 43.6 Å². The van der Waals surface area contributed by atoms with Gasteiger partial charge >= 0.3 is 5.97 Å². The van der Waals surface area contributed by atoms with Gasteiger partial charge in [0, 0.05) is 25.3 Å². The Labute approximate surface area is 153 Å². The Bertz CT molecular complexity index is 711. The summed E-state index contributed by atoms with van der Waals surface area (Å²) in [7, 11) is -3.62. The number of hydrogen-bond acceptors (Lipinski definition) is 6. The molecule has 26 heavy (non-hydrogen) atoms. The van der Waals surface area contributed by atoms with Crippen LogP contribution in [0.4, 0.5) is 5.69 Å². The average Bonchev–Trinajstić information content (AvgIpc) is 3.13. The van der Waals surface area contributed by atoms with E-state index in [0.29, 0.717) is 12.3 Å². The molecule has 9 heteroatoms. The molecule has 0 aromatic heterocycles. The van der Waals surface area contributed by atoms with Gasteiger partial charge < -0.3 is 14.8 Å². The van der Waals surface area contributed by atoms with Crippen molar-refractivity contribution in [3.63, 3.8) is 0 Å². The van der Waals surface area contributed by atoms with E-state index in [1.165, 1.54) is 24.3 Å². The molecule has 0 aliphatic carbocycles. The molecule has 1 amide bonds. The summed E-state index contributed by atoms with van der Waals surface area (Å²) >= 11 is 0. The number of amides is 1. The maximum absolute atomic E-state index is 12.3. The van der Waals surface area contributed by atoms with E-state index >= 15 is 0 Å². The Kier molecular flexibility index (Phi) is 7.55. The number of carbonyl (C=O) groups excluding carboxylic acids is 2. The van der Waals surface area contributed by atoms with Crippen LogP contribution in [-0.2, 0) is 29.1 Å². The minimum atomic E-state index is -3.62. The van der Waals surface area contributed by atoms with E-state index in [0.717, 1.165) is 12.8 Å². The summed E-state index contributed by atoms with van der Waals surface area (Å²) in [6.45, 7) is 2.88. The van der Waals surface area contributed by atoms with Crippen molar-refractivity contribution in [2.24, 2.45) is 0 Å². The molecule has 2 rings (SSSR count). The zero-order valence-corrected chi connectivity index (χ0v) is 15.5. The number of carbonyl (C=O) groups is 2. The molecule has 1 aromatic rings. The number of ether oxygens (including phenoxy) is 2. The average molecular weight is 384 g/mol. The van der Waals surface area contributed by atoms with E-state index in [1.807, 2.05) is 0 Å². The Morgan fingerprint density at radius 1 is 1.23 bits per heavy atom. The van der Waals surface area contributed by atoms with Crippen LogP contribution in [0.3, 0.4) is 0 Å². The van der Waals surface area contributed by atoms with Crippen LogP contribution in [0.15, 0.2) is 29.2 Å². The molecule has 1 fully saturated rings. The van der Waals surface area contributed by atoms with Gasteiger partial charge in [-0.05, 0) is 44.0 Å². The van der Waals surface area contributed by atoms with Gasteiger partial charge in [0.05, 0.1) is 24.0 Å². The molecule has 0 saturated carbocycles. The third-order valence-corrected chi connectivity index (χ3v) is 5.27. The Hall–Kier alpha value is -1.97. The van der Waals surface area contributed by atoms with Gasteiger partial charge in [-0.25, -0.2) is 13.1 Å². The first-order chi connectivity index (χ1) is 12.4. The number of esters is 1. The van der Waals surface area contributed by atoms with Crippen molar-refractivity contribution >= 4 is 27.6 Å². The number of benzene rings is 1. The van der Waals surface area contributed by atoms with Crippen LogP contribution in [-0.4, -0.2) is 46.2 Å². The normalized spacial score (nSPS) is 17.0. The first kappa shape index (κ1) is 20.3. The van der Waals surface area contributed by atoms with Gasteiger partial charge in [-0.15, -0.1) is 0 Å². The van der Waals surface area contributed by atoms with Gasteiger partial charge in [0.2, 0.25) is 15.9 Å². The molecule has 1 aromatic carbocycles. The lowest BCUT2D eigenvalue weighted by atomic mass is 10.2. The van der Waals surface area contributed by atoms with Crippen LogP contribution >= 0.6 is 0 Å². The van der Waals surface area contributed by atoms with E-state index in [4.69, 9.17) is 9.47 Å². The van der Waals surface area contributed by atoms with Crippen molar-refractivity contribution in [2.75, 3.05) is 25.1 Å². The smallest absolute Gasteiger partial charge is 0.306 e. The van der Waals surface area contributed by atoms with E-state index < -0.39 is 16.0 Å². The molecule has 8 nitrogen and oxygen atoms in total. The van der Waals surface area contributed by atoms with Crippen LogP contribution < -0.4 is 10.0 Å². The molecule has 1 saturated heterocycles. The second-order valence-corrected chi connectivity index (χ2v) is 7.63. The monoisotopic (exact) mass is 384 g/mol. The first-order valence-electron chi connectivity index (χ1n) is 8.57. The van der Waals surface area contributed by atoms with Gasteiger partial charge in [0.25, 0.3) is 0 Å². The molecule has 1 atom stereocenters. The van der Waals surface area contributed by atoms with E-state index in [-0.39, 0.29) is 42.9 Å². The predicted octanol–water partition coefficient (Wildman–Crippen LogP) is 1.43. The number of hydrogen-bond donors (Lipinski definition) is 2. The minimum absolute atomic E-state index is 0.000701. The van der Waals surface area contributed by atoms with Gasteiger partial charge in [0.15, 0.2) is 0 Å². The quantitative estimate of drug-likeness (QED) is 0.623. The fourth-order valence-electron chi connectivity index (χ4n) is 2.48. The zero-order chi connectivity index (χ0) is 19.0. The molecule has 1 unspecified atom stereocenters. The first-order valence-corrected chi connectivity index (χ1v) is 10.1. The number of anilines is 1. The summed E-state index contributed by atoms with van der Waals surface area (Å²) in [5, 5.41) is 2.61.